The Bertz CT molecular complexity index is 462. The molecular weight excluding hydrogens is 189 g/mol. The molecule has 1 aromatic carbocycles. The van der Waals surface area contributed by atoms with E-state index in [4.69, 9.17) is 11.6 Å². The normalized spacial score (nSPS) is 10.7. The van der Waals surface area contributed by atoms with Gasteiger partial charge in [-0.15, -0.1) is 0 Å². The lowest BCUT2D eigenvalue weighted by Crippen LogP contribution is -1.84. The number of aryl methyl sites for hydroxylation is 1. The summed E-state index contributed by atoms with van der Waals surface area (Å²) in [6, 6.07) is 4.83. The molecule has 0 saturated heterocycles. The third kappa shape index (κ3) is 1.49. The van der Waals surface area contributed by atoms with Crippen LogP contribution in [-0.2, 0) is 0 Å². The van der Waals surface area contributed by atoms with Crippen LogP contribution in [0.3, 0.4) is 0 Å². The zero-order valence-electron chi connectivity index (χ0n) is 7.01. The Morgan fingerprint density at radius 1 is 1.31 bits per heavy atom. The molecule has 66 valence electrons. The zero-order chi connectivity index (χ0) is 9.42. The molecule has 0 amide bonds. The quantitative estimate of drug-likeness (QED) is 0.628. The lowest BCUT2D eigenvalue weighted by Gasteiger charge is -2.00. The molecule has 0 saturated carbocycles. The highest BCUT2D eigenvalue weighted by molar-refractivity contribution is 6.31. The number of aromatic nitrogens is 1. The Kier molecular flexibility index (Phi) is 1.93. The first-order valence-corrected chi connectivity index (χ1v) is 4.26. The maximum absolute atomic E-state index is 13.3. The van der Waals surface area contributed by atoms with Crippen LogP contribution >= 0.6 is 11.6 Å². The largest absolute Gasteiger partial charge is 0.261 e. The Morgan fingerprint density at radius 3 is 2.85 bits per heavy atom. The van der Waals surface area contributed by atoms with E-state index in [9.17, 15) is 4.39 Å². The van der Waals surface area contributed by atoms with Gasteiger partial charge in [0.2, 0.25) is 0 Å². The van der Waals surface area contributed by atoms with Crippen molar-refractivity contribution in [3.63, 3.8) is 0 Å². The molecule has 1 heterocycles. The van der Waals surface area contributed by atoms with Gasteiger partial charge in [0.15, 0.2) is 0 Å². The first kappa shape index (κ1) is 8.45. The number of rotatable bonds is 0. The van der Waals surface area contributed by atoms with Crippen LogP contribution < -0.4 is 0 Å². The minimum absolute atomic E-state index is 0.324. The molecule has 0 unspecified atom stereocenters. The lowest BCUT2D eigenvalue weighted by atomic mass is 10.1. The molecule has 0 aliphatic heterocycles. The van der Waals surface area contributed by atoms with Gasteiger partial charge in [-0.25, -0.2) is 4.39 Å². The second-order valence-electron chi connectivity index (χ2n) is 2.93. The van der Waals surface area contributed by atoms with Crippen molar-refractivity contribution in [1.29, 1.82) is 0 Å². The second kappa shape index (κ2) is 2.96. The predicted octanol–water partition coefficient (Wildman–Crippen LogP) is 3.34. The van der Waals surface area contributed by atoms with E-state index in [-0.39, 0.29) is 5.82 Å². The van der Waals surface area contributed by atoms with Crippen LogP contribution in [-0.4, -0.2) is 4.98 Å². The van der Waals surface area contributed by atoms with Crippen molar-refractivity contribution in [2.24, 2.45) is 0 Å². The zero-order valence-corrected chi connectivity index (χ0v) is 7.77. The fraction of sp³-hybridized carbons (Fsp3) is 0.100. The Labute approximate surface area is 80.2 Å². The fourth-order valence-electron chi connectivity index (χ4n) is 1.29. The topological polar surface area (TPSA) is 12.9 Å². The van der Waals surface area contributed by atoms with Gasteiger partial charge in [0.25, 0.3) is 0 Å². The molecule has 0 N–H and O–H groups in total. The summed E-state index contributed by atoms with van der Waals surface area (Å²) in [4.78, 5) is 4.01. The van der Waals surface area contributed by atoms with Gasteiger partial charge in [0, 0.05) is 22.3 Å². The number of pyridine rings is 1. The number of halogens is 2. The van der Waals surface area contributed by atoms with E-state index in [1.54, 1.807) is 6.07 Å². The van der Waals surface area contributed by atoms with E-state index in [1.807, 2.05) is 13.0 Å². The van der Waals surface area contributed by atoms with Crippen LogP contribution in [0.15, 0.2) is 24.4 Å². The van der Waals surface area contributed by atoms with E-state index >= 15 is 0 Å². The van der Waals surface area contributed by atoms with E-state index in [0.29, 0.717) is 10.4 Å². The highest BCUT2D eigenvalue weighted by Crippen LogP contribution is 2.22. The molecule has 0 atom stereocenters. The van der Waals surface area contributed by atoms with Crippen molar-refractivity contribution in [2.45, 2.75) is 6.92 Å². The molecular formula is C10H7ClFN. The van der Waals surface area contributed by atoms with Gasteiger partial charge in [0.1, 0.15) is 5.82 Å². The Balaban J connectivity index is 2.86. The fourth-order valence-corrected chi connectivity index (χ4v) is 1.50. The van der Waals surface area contributed by atoms with Crippen LogP contribution in [0.4, 0.5) is 4.39 Å². The number of hydrogen-bond donors (Lipinski definition) is 0. The van der Waals surface area contributed by atoms with Crippen LogP contribution in [0.2, 0.25) is 5.02 Å². The number of hydrogen-bond acceptors (Lipinski definition) is 1. The summed E-state index contributed by atoms with van der Waals surface area (Å²) in [5.74, 6) is -0.324. The summed E-state index contributed by atoms with van der Waals surface area (Å²) in [7, 11) is 0. The van der Waals surface area contributed by atoms with Gasteiger partial charge in [0.05, 0.1) is 0 Å². The SMILES string of the molecule is Cc1cc2cc(Cl)cc(F)c2cn1. The molecule has 0 aliphatic carbocycles. The molecule has 1 aromatic heterocycles. The minimum Gasteiger partial charge on any atom is -0.261 e. The van der Waals surface area contributed by atoms with Gasteiger partial charge >= 0.3 is 0 Å². The summed E-state index contributed by atoms with van der Waals surface area (Å²) in [5, 5.41) is 1.71. The molecule has 0 aliphatic rings. The summed E-state index contributed by atoms with van der Waals surface area (Å²) >= 11 is 5.72. The first-order chi connectivity index (χ1) is 6.16. The number of nitrogens with zero attached hydrogens (tertiary/aromatic N) is 1. The van der Waals surface area contributed by atoms with Crippen molar-refractivity contribution >= 4 is 22.4 Å². The lowest BCUT2D eigenvalue weighted by molar-refractivity contribution is 0.639. The van der Waals surface area contributed by atoms with Gasteiger partial charge in [-0.05, 0) is 30.5 Å². The van der Waals surface area contributed by atoms with Crippen LogP contribution in [0.25, 0.3) is 10.8 Å². The van der Waals surface area contributed by atoms with Crippen molar-refractivity contribution in [3.8, 4) is 0 Å². The molecule has 13 heavy (non-hydrogen) atoms. The van der Waals surface area contributed by atoms with Gasteiger partial charge in [-0.3, -0.25) is 4.98 Å². The molecule has 0 spiro atoms. The Hall–Kier alpha value is -1.15. The summed E-state index contributed by atoms with van der Waals surface area (Å²) in [6.45, 7) is 1.86. The maximum Gasteiger partial charge on any atom is 0.134 e. The number of benzene rings is 1. The smallest absolute Gasteiger partial charge is 0.134 e. The Morgan fingerprint density at radius 2 is 2.08 bits per heavy atom. The van der Waals surface area contributed by atoms with Crippen molar-refractivity contribution in [2.75, 3.05) is 0 Å². The monoisotopic (exact) mass is 195 g/mol. The summed E-state index contributed by atoms with van der Waals surface area (Å²) in [5.41, 5.74) is 0.856. The third-order valence-electron chi connectivity index (χ3n) is 1.89. The highest BCUT2D eigenvalue weighted by atomic mass is 35.5. The predicted molar refractivity (Wildman–Crippen MR) is 51.4 cm³/mol. The van der Waals surface area contributed by atoms with E-state index < -0.39 is 0 Å². The van der Waals surface area contributed by atoms with Crippen molar-refractivity contribution in [3.05, 3.63) is 40.9 Å². The third-order valence-corrected chi connectivity index (χ3v) is 2.11. The molecule has 0 fully saturated rings. The van der Waals surface area contributed by atoms with E-state index in [0.717, 1.165) is 11.1 Å². The molecule has 3 heteroatoms. The summed E-state index contributed by atoms with van der Waals surface area (Å²) in [6.07, 6.45) is 1.52. The van der Waals surface area contributed by atoms with E-state index in [1.165, 1.54) is 12.3 Å². The minimum atomic E-state index is -0.324. The molecule has 2 rings (SSSR count). The van der Waals surface area contributed by atoms with Crippen LogP contribution in [0, 0.1) is 12.7 Å². The molecule has 2 aromatic rings. The highest BCUT2D eigenvalue weighted by Gasteiger charge is 2.02. The standard InChI is InChI=1S/C10H7ClFN/c1-6-2-7-3-8(11)4-10(12)9(7)5-13-6/h2-5H,1H3. The van der Waals surface area contributed by atoms with Gasteiger partial charge in [-0.1, -0.05) is 11.6 Å². The molecule has 0 radical (unpaired) electrons. The molecule has 0 bridgehead atoms. The first-order valence-electron chi connectivity index (χ1n) is 3.88. The maximum atomic E-state index is 13.3. The average molecular weight is 196 g/mol. The van der Waals surface area contributed by atoms with E-state index in [2.05, 4.69) is 4.98 Å². The molecule has 1 nitrogen and oxygen atoms in total. The average Bonchev–Trinajstić information content (AvgIpc) is 2.02. The summed E-state index contributed by atoms with van der Waals surface area (Å²) < 4.78 is 13.3. The van der Waals surface area contributed by atoms with Crippen molar-refractivity contribution in [1.82, 2.24) is 4.98 Å². The van der Waals surface area contributed by atoms with Gasteiger partial charge in [-0.2, -0.15) is 0 Å². The van der Waals surface area contributed by atoms with Gasteiger partial charge < -0.3 is 0 Å². The second-order valence-corrected chi connectivity index (χ2v) is 3.37. The van der Waals surface area contributed by atoms with Crippen molar-refractivity contribution < 1.29 is 4.39 Å². The van der Waals surface area contributed by atoms with Crippen LogP contribution in [0.1, 0.15) is 5.69 Å². The van der Waals surface area contributed by atoms with Crippen LogP contribution in [0.5, 0.6) is 0 Å². The number of fused-ring (bicyclic) bond motifs is 1.